The highest BCUT2D eigenvalue weighted by Crippen LogP contribution is 2.18. The first-order chi connectivity index (χ1) is 9.27. The number of carbonyl (C=O) groups excluding carboxylic acids is 1. The number of hydrogen-bond donors (Lipinski definition) is 1. The molecular formula is C14H17F2NO3. The monoisotopic (exact) mass is 285 g/mol. The lowest BCUT2D eigenvalue weighted by Gasteiger charge is -2.27. The van der Waals surface area contributed by atoms with E-state index in [9.17, 15) is 18.4 Å². The van der Waals surface area contributed by atoms with E-state index in [1.807, 2.05) is 0 Å². The first-order valence-corrected chi connectivity index (χ1v) is 6.26. The van der Waals surface area contributed by atoms with Gasteiger partial charge in [-0.05, 0) is 32.4 Å². The highest BCUT2D eigenvalue weighted by Gasteiger charge is 2.24. The number of benzene rings is 1. The Labute approximate surface area is 116 Å². The minimum Gasteiger partial charge on any atom is -0.481 e. The SMILES string of the molecule is CCN(C(=O)c1cc(C)c(F)cc1F)C(C)CC(=O)O. The van der Waals surface area contributed by atoms with E-state index < -0.39 is 29.6 Å². The van der Waals surface area contributed by atoms with Crippen LogP contribution in [0.2, 0.25) is 0 Å². The molecule has 110 valence electrons. The number of aliphatic carboxylic acids is 1. The van der Waals surface area contributed by atoms with Crippen LogP contribution in [0.5, 0.6) is 0 Å². The zero-order valence-electron chi connectivity index (χ0n) is 11.6. The number of halogens is 2. The number of carbonyl (C=O) groups is 2. The van der Waals surface area contributed by atoms with Crippen molar-refractivity contribution in [3.63, 3.8) is 0 Å². The Morgan fingerprint density at radius 1 is 1.30 bits per heavy atom. The third-order valence-corrected chi connectivity index (χ3v) is 3.08. The molecule has 0 aliphatic heterocycles. The average molecular weight is 285 g/mol. The smallest absolute Gasteiger partial charge is 0.305 e. The second-order valence-corrected chi connectivity index (χ2v) is 4.62. The fraction of sp³-hybridized carbons (Fsp3) is 0.429. The van der Waals surface area contributed by atoms with Crippen molar-refractivity contribution >= 4 is 11.9 Å². The van der Waals surface area contributed by atoms with E-state index in [1.165, 1.54) is 11.8 Å². The van der Waals surface area contributed by atoms with Gasteiger partial charge in [-0.25, -0.2) is 8.78 Å². The molecule has 0 fully saturated rings. The molecule has 1 aromatic rings. The molecule has 1 atom stereocenters. The summed E-state index contributed by atoms with van der Waals surface area (Å²) in [5, 5.41) is 8.75. The predicted octanol–water partition coefficient (Wildman–Crippen LogP) is 2.60. The number of rotatable bonds is 5. The van der Waals surface area contributed by atoms with Gasteiger partial charge in [-0.3, -0.25) is 9.59 Å². The maximum absolute atomic E-state index is 13.7. The number of aryl methyl sites for hydroxylation is 1. The van der Waals surface area contributed by atoms with Crippen molar-refractivity contribution in [3.8, 4) is 0 Å². The summed E-state index contributed by atoms with van der Waals surface area (Å²) in [7, 11) is 0. The first kappa shape index (κ1) is 16.1. The lowest BCUT2D eigenvalue weighted by Crippen LogP contribution is -2.40. The summed E-state index contributed by atoms with van der Waals surface area (Å²) in [6.45, 7) is 4.92. The van der Waals surface area contributed by atoms with Crippen molar-refractivity contribution < 1.29 is 23.5 Å². The van der Waals surface area contributed by atoms with Crippen molar-refractivity contribution in [1.29, 1.82) is 0 Å². The molecule has 1 aromatic carbocycles. The maximum atomic E-state index is 13.7. The Balaban J connectivity index is 3.08. The largest absolute Gasteiger partial charge is 0.481 e. The summed E-state index contributed by atoms with van der Waals surface area (Å²) in [5.41, 5.74) is -0.0836. The highest BCUT2D eigenvalue weighted by atomic mass is 19.1. The molecule has 0 bridgehead atoms. The Morgan fingerprint density at radius 2 is 1.90 bits per heavy atom. The standard InChI is InChI=1S/C14H17F2NO3/c1-4-17(9(3)6-13(18)19)14(20)10-5-8(2)11(15)7-12(10)16/h5,7,9H,4,6H2,1-3H3,(H,18,19). The van der Waals surface area contributed by atoms with Crippen molar-refractivity contribution in [2.24, 2.45) is 0 Å². The van der Waals surface area contributed by atoms with Crippen LogP contribution in [0.3, 0.4) is 0 Å². The zero-order chi connectivity index (χ0) is 15.4. The zero-order valence-corrected chi connectivity index (χ0v) is 11.6. The van der Waals surface area contributed by atoms with Gasteiger partial charge in [-0.1, -0.05) is 0 Å². The number of carboxylic acids is 1. The van der Waals surface area contributed by atoms with Crippen LogP contribution in [0.15, 0.2) is 12.1 Å². The van der Waals surface area contributed by atoms with E-state index in [2.05, 4.69) is 0 Å². The van der Waals surface area contributed by atoms with Crippen LogP contribution in [-0.2, 0) is 4.79 Å². The average Bonchev–Trinajstić information content (AvgIpc) is 2.33. The summed E-state index contributed by atoms with van der Waals surface area (Å²) >= 11 is 0. The fourth-order valence-corrected chi connectivity index (χ4v) is 1.99. The molecule has 1 rings (SSSR count). The van der Waals surface area contributed by atoms with Crippen molar-refractivity contribution in [2.75, 3.05) is 6.54 Å². The van der Waals surface area contributed by atoms with Gasteiger partial charge in [0.2, 0.25) is 0 Å². The van der Waals surface area contributed by atoms with Crippen LogP contribution in [0.25, 0.3) is 0 Å². The number of nitrogens with zero attached hydrogens (tertiary/aromatic N) is 1. The minimum absolute atomic E-state index is 0.164. The highest BCUT2D eigenvalue weighted by molar-refractivity contribution is 5.95. The van der Waals surface area contributed by atoms with Gasteiger partial charge in [0.15, 0.2) is 0 Å². The number of hydrogen-bond acceptors (Lipinski definition) is 2. The third-order valence-electron chi connectivity index (χ3n) is 3.08. The van der Waals surface area contributed by atoms with Crippen LogP contribution in [-0.4, -0.2) is 34.5 Å². The molecule has 0 saturated heterocycles. The van der Waals surface area contributed by atoms with E-state index >= 15 is 0 Å². The quantitative estimate of drug-likeness (QED) is 0.904. The van der Waals surface area contributed by atoms with Crippen molar-refractivity contribution in [3.05, 3.63) is 34.9 Å². The molecule has 1 amide bonds. The second-order valence-electron chi connectivity index (χ2n) is 4.62. The topological polar surface area (TPSA) is 57.6 Å². The second kappa shape index (κ2) is 6.45. The lowest BCUT2D eigenvalue weighted by molar-refractivity contribution is -0.138. The van der Waals surface area contributed by atoms with Gasteiger partial charge in [0.1, 0.15) is 11.6 Å². The van der Waals surface area contributed by atoms with Gasteiger partial charge in [0.25, 0.3) is 5.91 Å². The van der Waals surface area contributed by atoms with Gasteiger partial charge < -0.3 is 10.0 Å². The Hall–Kier alpha value is -1.98. The predicted molar refractivity (Wildman–Crippen MR) is 69.5 cm³/mol. The lowest BCUT2D eigenvalue weighted by atomic mass is 10.1. The van der Waals surface area contributed by atoms with Gasteiger partial charge in [-0.2, -0.15) is 0 Å². The summed E-state index contributed by atoms with van der Waals surface area (Å²) in [6.07, 6.45) is -0.235. The number of amides is 1. The van der Waals surface area contributed by atoms with Crippen LogP contribution < -0.4 is 0 Å². The Bertz CT molecular complexity index is 531. The molecule has 0 spiro atoms. The van der Waals surface area contributed by atoms with Crippen LogP contribution >= 0.6 is 0 Å². The van der Waals surface area contributed by atoms with E-state index in [0.29, 0.717) is 6.07 Å². The molecule has 0 aliphatic carbocycles. The van der Waals surface area contributed by atoms with E-state index in [4.69, 9.17) is 5.11 Å². The molecule has 0 heterocycles. The molecule has 4 nitrogen and oxygen atoms in total. The molecule has 20 heavy (non-hydrogen) atoms. The van der Waals surface area contributed by atoms with E-state index in [-0.39, 0.29) is 24.1 Å². The van der Waals surface area contributed by atoms with Gasteiger partial charge in [0, 0.05) is 18.7 Å². The third kappa shape index (κ3) is 3.53. The molecule has 1 N–H and O–H groups in total. The van der Waals surface area contributed by atoms with Gasteiger partial charge in [-0.15, -0.1) is 0 Å². The van der Waals surface area contributed by atoms with Gasteiger partial charge >= 0.3 is 5.97 Å². The van der Waals surface area contributed by atoms with E-state index in [0.717, 1.165) is 6.07 Å². The molecule has 0 saturated carbocycles. The van der Waals surface area contributed by atoms with Crippen LogP contribution in [0.4, 0.5) is 8.78 Å². The van der Waals surface area contributed by atoms with Crippen LogP contribution in [0, 0.1) is 18.6 Å². The summed E-state index contributed by atoms with van der Waals surface area (Å²) in [6, 6.07) is 1.23. The van der Waals surface area contributed by atoms with Crippen LogP contribution in [0.1, 0.15) is 36.2 Å². The molecule has 0 aromatic heterocycles. The number of carboxylic acid groups (broad SMARTS) is 1. The Morgan fingerprint density at radius 3 is 2.40 bits per heavy atom. The normalized spacial score (nSPS) is 12.1. The first-order valence-electron chi connectivity index (χ1n) is 6.26. The molecule has 0 aliphatic rings. The van der Waals surface area contributed by atoms with Gasteiger partial charge in [0.05, 0.1) is 12.0 Å². The minimum atomic E-state index is -1.04. The summed E-state index contributed by atoms with van der Waals surface area (Å²) < 4.78 is 26.9. The molecule has 6 heteroatoms. The maximum Gasteiger partial charge on any atom is 0.305 e. The molecule has 1 unspecified atom stereocenters. The molecule has 0 radical (unpaired) electrons. The summed E-state index contributed by atoms with van der Waals surface area (Å²) in [4.78, 5) is 24.2. The summed E-state index contributed by atoms with van der Waals surface area (Å²) in [5.74, 6) is -3.35. The van der Waals surface area contributed by atoms with Crippen molar-refractivity contribution in [2.45, 2.75) is 33.2 Å². The molecular weight excluding hydrogens is 268 g/mol. The fourth-order valence-electron chi connectivity index (χ4n) is 1.99. The Kier molecular flexibility index (Phi) is 5.19. The van der Waals surface area contributed by atoms with Crippen molar-refractivity contribution in [1.82, 2.24) is 4.90 Å². The van der Waals surface area contributed by atoms with E-state index in [1.54, 1.807) is 13.8 Å².